The topological polar surface area (TPSA) is 18.5 Å². The van der Waals surface area contributed by atoms with Crippen molar-refractivity contribution in [2.45, 2.75) is 160 Å². The lowest BCUT2D eigenvalue weighted by molar-refractivity contribution is -0.380. The van der Waals surface area contributed by atoms with Crippen molar-refractivity contribution >= 4 is 0 Å². The summed E-state index contributed by atoms with van der Waals surface area (Å²) in [6.07, 6.45) is 12.7. The van der Waals surface area contributed by atoms with E-state index in [1.54, 1.807) is 0 Å². The molecule has 0 radical (unpaired) electrons. The first-order valence-electron chi connectivity index (χ1n) is 12.7. The number of hydrogen-bond donors (Lipinski definition) is 0. The zero-order chi connectivity index (χ0) is 23.6. The van der Waals surface area contributed by atoms with Crippen LogP contribution in [0.25, 0.3) is 0 Å². The van der Waals surface area contributed by atoms with Crippen LogP contribution in [-0.4, -0.2) is 12.2 Å². The van der Waals surface area contributed by atoms with Crippen molar-refractivity contribution in [1.82, 2.24) is 0 Å². The second-order valence-corrected chi connectivity index (χ2v) is 14.2. The Morgan fingerprint density at radius 2 is 0.733 bits per heavy atom. The Balaban J connectivity index is 4.54. The maximum Gasteiger partial charge on any atom is 0.0978 e. The molecule has 0 bridgehead atoms. The molecule has 0 aliphatic carbocycles. The molecule has 0 aliphatic rings. The summed E-state index contributed by atoms with van der Waals surface area (Å²) in [5.74, 6) is 0. The quantitative estimate of drug-likeness (QED) is 0.166. The molecule has 0 saturated carbocycles. The number of unbranched alkanes of at least 4 members (excludes halogenated alkanes) is 4. The van der Waals surface area contributed by atoms with Gasteiger partial charge in [-0.2, -0.15) is 0 Å². The highest BCUT2D eigenvalue weighted by Gasteiger charge is 2.31. The largest absolute Gasteiger partial charge is 0.233 e. The minimum atomic E-state index is 0.0964. The highest BCUT2D eigenvalue weighted by molar-refractivity contribution is 4.76. The van der Waals surface area contributed by atoms with Crippen molar-refractivity contribution in [3.05, 3.63) is 0 Å². The first-order valence-corrected chi connectivity index (χ1v) is 12.7. The van der Waals surface area contributed by atoms with Gasteiger partial charge in [0.05, 0.1) is 12.2 Å². The van der Waals surface area contributed by atoms with E-state index in [1.807, 2.05) is 0 Å². The van der Waals surface area contributed by atoms with Gasteiger partial charge < -0.3 is 0 Å². The lowest BCUT2D eigenvalue weighted by Gasteiger charge is -2.35. The molecule has 0 N–H and O–H groups in total. The summed E-state index contributed by atoms with van der Waals surface area (Å²) in [4.78, 5) is 12.3. The van der Waals surface area contributed by atoms with Crippen molar-refractivity contribution in [2.75, 3.05) is 0 Å². The fraction of sp³-hybridized carbons (Fsp3) is 1.00. The molecule has 2 atom stereocenters. The van der Waals surface area contributed by atoms with Crippen LogP contribution in [0.4, 0.5) is 0 Å². The molecule has 0 aromatic heterocycles. The first kappa shape index (κ1) is 29.9. The first-order chi connectivity index (χ1) is 13.4. The van der Waals surface area contributed by atoms with Gasteiger partial charge in [-0.05, 0) is 47.3 Å². The molecule has 0 spiro atoms. The molecule has 2 heteroatoms. The second kappa shape index (κ2) is 12.8. The molecule has 0 heterocycles. The molecule has 30 heavy (non-hydrogen) atoms. The Labute approximate surface area is 191 Å². The van der Waals surface area contributed by atoms with Crippen LogP contribution in [0.15, 0.2) is 0 Å². The minimum absolute atomic E-state index is 0.0964. The van der Waals surface area contributed by atoms with Gasteiger partial charge >= 0.3 is 0 Å². The van der Waals surface area contributed by atoms with E-state index < -0.39 is 0 Å². The average molecular weight is 427 g/mol. The maximum atomic E-state index is 6.15. The molecule has 0 aromatic carbocycles. The molecule has 2 nitrogen and oxygen atoms in total. The maximum absolute atomic E-state index is 6.15. The Morgan fingerprint density at radius 3 is 0.967 bits per heavy atom. The third kappa shape index (κ3) is 16.6. The third-order valence-corrected chi connectivity index (χ3v) is 6.01. The third-order valence-electron chi connectivity index (χ3n) is 6.01. The van der Waals surface area contributed by atoms with Gasteiger partial charge in [0.2, 0.25) is 0 Å². The summed E-state index contributed by atoms with van der Waals surface area (Å²) in [5, 5.41) is 0. The Hall–Kier alpha value is -0.0800. The van der Waals surface area contributed by atoms with Crippen LogP contribution in [0.1, 0.15) is 147 Å². The lowest BCUT2D eigenvalue weighted by atomic mass is 9.84. The number of rotatable bonds is 13. The lowest BCUT2D eigenvalue weighted by Crippen LogP contribution is -2.35. The summed E-state index contributed by atoms with van der Waals surface area (Å²) >= 11 is 0. The Kier molecular flexibility index (Phi) is 12.8. The van der Waals surface area contributed by atoms with Crippen LogP contribution < -0.4 is 0 Å². The SMILES string of the molecule is CC(C)(C)CCCCCC(OOC(CCCCCC(C)(C)C)C(C)(C)C)C(C)(C)C. The van der Waals surface area contributed by atoms with E-state index in [-0.39, 0.29) is 23.0 Å². The fourth-order valence-electron chi connectivity index (χ4n) is 3.71. The van der Waals surface area contributed by atoms with Crippen LogP contribution in [-0.2, 0) is 9.78 Å². The highest BCUT2D eigenvalue weighted by atomic mass is 17.2. The van der Waals surface area contributed by atoms with Gasteiger partial charge in [-0.15, -0.1) is 0 Å². The molecule has 0 fully saturated rings. The molecule has 0 saturated heterocycles. The van der Waals surface area contributed by atoms with Crippen molar-refractivity contribution < 1.29 is 9.78 Å². The predicted molar refractivity (Wildman–Crippen MR) is 134 cm³/mol. The summed E-state index contributed by atoms with van der Waals surface area (Å²) in [6.45, 7) is 27.6. The van der Waals surface area contributed by atoms with Gasteiger partial charge in [0.1, 0.15) is 0 Å². The molecule has 0 rings (SSSR count). The van der Waals surface area contributed by atoms with Crippen LogP contribution in [0.3, 0.4) is 0 Å². The van der Waals surface area contributed by atoms with Gasteiger partial charge in [0.15, 0.2) is 0 Å². The number of hydrogen-bond acceptors (Lipinski definition) is 2. The molecule has 2 unspecified atom stereocenters. The van der Waals surface area contributed by atoms with Gasteiger partial charge in [-0.1, -0.05) is 122 Å². The van der Waals surface area contributed by atoms with Crippen molar-refractivity contribution in [1.29, 1.82) is 0 Å². The van der Waals surface area contributed by atoms with E-state index in [1.165, 1.54) is 51.4 Å². The van der Waals surface area contributed by atoms with E-state index in [2.05, 4.69) is 83.1 Å². The van der Waals surface area contributed by atoms with Crippen LogP contribution in [0.5, 0.6) is 0 Å². The van der Waals surface area contributed by atoms with E-state index in [0.29, 0.717) is 10.8 Å². The van der Waals surface area contributed by atoms with Crippen molar-refractivity contribution in [2.24, 2.45) is 21.7 Å². The summed E-state index contributed by atoms with van der Waals surface area (Å²) in [5.41, 5.74) is 1.07. The molecule has 0 amide bonds. The molecular weight excluding hydrogens is 368 g/mol. The van der Waals surface area contributed by atoms with Crippen LogP contribution in [0.2, 0.25) is 0 Å². The highest BCUT2D eigenvalue weighted by Crippen LogP contribution is 2.32. The van der Waals surface area contributed by atoms with Gasteiger partial charge in [0, 0.05) is 0 Å². The normalized spacial score (nSPS) is 16.0. The van der Waals surface area contributed by atoms with Crippen molar-refractivity contribution in [3.8, 4) is 0 Å². The molecular formula is C28H58O2. The zero-order valence-electron chi connectivity index (χ0n) is 23.0. The predicted octanol–water partition coefficient (Wildman–Crippen LogP) is 9.76. The zero-order valence-corrected chi connectivity index (χ0v) is 23.0. The van der Waals surface area contributed by atoms with Gasteiger partial charge in [-0.3, -0.25) is 0 Å². The van der Waals surface area contributed by atoms with Gasteiger partial charge in [-0.25, -0.2) is 9.78 Å². The summed E-state index contributed by atoms with van der Waals surface area (Å²) in [7, 11) is 0. The van der Waals surface area contributed by atoms with E-state index >= 15 is 0 Å². The molecule has 182 valence electrons. The summed E-state index contributed by atoms with van der Waals surface area (Å²) < 4.78 is 0. The second-order valence-electron chi connectivity index (χ2n) is 14.2. The fourth-order valence-corrected chi connectivity index (χ4v) is 3.71. The molecule has 0 aromatic rings. The van der Waals surface area contributed by atoms with Crippen LogP contribution >= 0.6 is 0 Å². The van der Waals surface area contributed by atoms with Crippen LogP contribution in [0, 0.1) is 21.7 Å². The van der Waals surface area contributed by atoms with E-state index in [0.717, 1.165) is 12.8 Å². The Morgan fingerprint density at radius 1 is 0.433 bits per heavy atom. The smallest absolute Gasteiger partial charge is 0.0978 e. The monoisotopic (exact) mass is 426 g/mol. The van der Waals surface area contributed by atoms with E-state index in [4.69, 9.17) is 9.78 Å². The minimum Gasteiger partial charge on any atom is -0.233 e. The van der Waals surface area contributed by atoms with E-state index in [9.17, 15) is 0 Å². The Bertz CT molecular complexity index is 384. The standard InChI is InChI=1S/C28H58O2/c1-25(2,3)21-17-13-15-19-23(27(7,8)9)29-30-24(28(10,11)12)20-16-14-18-22-26(4,5)6/h23-24H,13-22H2,1-12H3. The summed E-state index contributed by atoms with van der Waals surface area (Å²) in [6, 6.07) is 0. The van der Waals surface area contributed by atoms with Crippen molar-refractivity contribution in [3.63, 3.8) is 0 Å². The van der Waals surface area contributed by atoms with Gasteiger partial charge in [0.25, 0.3) is 0 Å². The average Bonchev–Trinajstić information content (AvgIpc) is 2.50. The molecule has 0 aliphatic heterocycles.